The molecule has 96 valence electrons. The highest BCUT2D eigenvalue weighted by Gasteiger charge is 2.15. The number of aromatic amines is 1. The zero-order chi connectivity index (χ0) is 13.0. The zero-order valence-corrected chi connectivity index (χ0v) is 11.8. The first-order chi connectivity index (χ1) is 8.74. The van der Waals surface area contributed by atoms with Crippen molar-refractivity contribution in [2.24, 2.45) is 5.73 Å². The van der Waals surface area contributed by atoms with E-state index in [4.69, 9.17) is 10.5 Å². The van der Waals surface area contributed by atoms with Crippen LogP contribution in [0.3, 0.4) is 0 Å². The smallest absolute Gasteiger partial charge is 0.119 e. The van der Waals surface area contributed by atoms with Crippen LogP contribution in [0.4, 0.5) is 0 Å². The van der Waals surface area contributed by atoms with Crippen LogP contribution in [0.1, 0.15) is 24.2 Å². The average Bonchev–Trinajstić information content (AvgIpc) is 2.79. The molecule has 0 spiro atoms. The summed E-state index contributed by atoms with van der Waals surface area (Å²) in [5.74, 6) is 1.82. The number of benzene rings is 1. The summed E-state index contributed by atoms with van der Waals surface area (Å²) in [6.07, 6.45) is 1.74. The van der Waals surface area contributed by atoms with Gasteiger partial charge < -0.3 is 15.5 Å². The van der Waals surface area contributed by atoms with Crippen molar-refractivity contribution in [2.75, 3.05) is 13.2 Å². The topological polar surface area (TPSA) is 63.9 Å². The van der Waals surface area contributed by atoms with E-state index in [9.17, 15) is 0 Å². The van der Waals surface area contributed by atoms with Crippen LogP contribution in [0.15, 0.2) is 35.1 Å². The Kier molecular flexibility index (Phi) is 4.38. The Morgan fingerprint density at radius 3 is 2.61 bits per heavy atom. The van der Waals surface area contributed by atoms with Crippen LogP contribution in [-0.4, -0.2) is 23.1 Å². The van der Waals surface area contributed by atoms with E-state index >= 15 is 0 Å². The fourth-order valence-corrected chi connectivity index (χ4v) is 2.16. The molecule has 1 heterocycles. The van der Waals surface area contributed by atoms with Crippen molar-refractivity contribution in [3.63, 3.8) is 0 Å². The Labute approximate surface area is 115 Å². The molecular weight excluding hydrogens is 294 g/mol. The van der Waals surface area contributed by atoms with Crippen LogP contribution >= 0.6 is 15.9 Å². The van der Waals surface area contributed by atoms with Gasteiger partial charge in [-0.1, -0.05) is 12.1 Å². The third-order valence-electron chi connectivity index (χ3n) is 2.72. The number of nitrogens with one attached hydrogen (secondary N) is 1. The minimum Gasteiger partial charge on any atom is -0.494 e. The van der Waals surface area contributed by atoms with Gasteiger partial charge in [0.2, 0.25) is 0 Å². The van der Waals surface area contributed by atoms with Gasteiger partial charge in [-0.05, 0) is 40.5 Å². The maximum absolute atomic E-state index is 5.84. The molecule has 18 heavy (non-hydrogen) atoms. The Balaban J connectivity index is 2.22. The summed E-state index contributed by atoms with van der Waals surface area (Å²) < 4.78 is 6.28. The van der Waals surface area contributed by atoms with Crippen molar-refractivity contribution in [2.45, 2.75) is 12.8 Å². The number of halogens is 1. The molecule has 0 bridgehead atoms. The van der Waals surface area contributed by atoms with Gasteiger partial charge in [-0.3, -0.25) is 0 Å². The molecule has 0 radical (unpaired) electrons. The van der Waals surface area contributed by atoms with Crippen molar-refractivity contribution in [3.8, 4) is 5.75 Å². The molecule has 5 heteroatoms. The molecule has 3 N–H and O–H groups in total. The van der Waals surface area contributed by atoms with E-state index in [1.807, 2.05) is 31.2 Å². The molecule has 0 amide bonds. The quantitative estimate of drug-likeness (QED) is 0.892. The van der Waals surface area contributed by atoms with E-state index in [2.05, 4.69) is 25.9 Å². The Morgan fingerprint density at radius 2 is 2.11 bits per heavy atom. The number of hydrogen-bond donors (Lipinski definition) is 2. The molecule has 2 rings (SSSR count). The van der Waals surface area contributed by atoms with Gasteiger partial charge in [-0.25, -0.2) is 4.98 Å². The van der Waals surface area contributed by atoms with Gasteiger partial charge in [0.15, 0.2) is 0 Å². The maximum atomic E-state index is 5.84. The summed E-state index contributed by atoms with van der Waals surface area (Å²) in [7, 11) is 0. The third-order valence-corrected chi connectivity index (χ3v) is 3.13. The first-order valence-electron chi connectivity index (χ1n) is 5.87. The van der Waals surface area contributed by atoms with Gasteiger partial charge in [0.1, 0.15) is 16.2 Å². The number of ether oxygens (including phenoxy) is 1. The maximum Gasteiger partial charge on any atom is 0.119 e. The molecule has 0 aliphatic rings. The molecule has 4 nitrogen and oxygen atoms in total. The molecular formula is C13H16BrN3O. The lowest BCUT2D eigenvalue weighted by Gasteiger charge is -2.13. The van der Waals surface area contributed by atoms with Gasteiger partial charge in [0.25, 0.3) is 0 Å². The van der Waals surface area contributed by atoms with Crippen LogP contribution in [0, 0.1) is 0 Å². The first-order valence-corrected chi connectivity index (χ1v) is 6.67. The summed E-state index contributed by atoms with van der Waals surface area (Å²) in [5.41, 5.74) is 6.96. The van der Waals surface area contributed by atoms with E-state index in [1.54, 1.807) is 6.20 Å². The van der Waals surface area contributed by atoms with E-state index in [0.29, 0.717) is 13.2 Å². The molecule has 2 aromatic rings. The number of nitrogens with two attached hydrogens (primary N) is 1. The van der Waals surface area contributed by atoms with E-state index in [1.165, 1.54) is 0 Å². The highest BCUT2D eigenvalue weighted by atomic mass is 79.9. The predicted molar refractivity (Wildman–Crippen MR) is 74.8 cm³/mol. The average molecular weight is 310 g/mol. The number of H-pyrrole nitrogens is 1. The molecule has 1 atom stereocenters. The number of hydrogen-bond acceptors (Lipinski definition) is 3. The van der Waals surface area contributed by atoms with Gasteiger partial charge in [0.05, 0.1) is 18.7 Å². The van der Waals surface area contributed by atoms with Crippen LogP contribution < -0.4 is 10.5 Å². The lowest BCUT2D eigenvalue weighted by atomic mass is 9.98. The number of nitrogens with zero attached hydrogens (tertiary/aromatic N) is 1. The summed E-state index contributed by atoms with van der Waals surface area (Å²) in [5, 5.41) is 0. The lowest BCUT2D eigenvalue weighted by molar-refractivity contribution is 0.340. The molecule has 0 saturated carbocycles. The molecule has 0 aliphatic carbocycles. The van der Waals surface area contributed by atoms with Crippen LogP contribution in [0.2, 0.25) is 0 Å². The molecule has 0 saturated heterocycles. The zero-order valence-electron chi connectivity index (χ0n) is 10.2. The minimum atomic E-state index is 0.0759. The Morgan fingerprint density at radius 1 is 1.39 bits per heavy atom. The van der Waals surface area contributed by atoms with Crippen molar-refractivity contribution in [1.82, 2.24) is 9.97 Å². The standard InChI is InChI=1S/C13H16BrN3O/c1-2-18-10-5-3-9(4-6-10)11(7-15)13-16-8-12(14)17-13/h3-6,8,11H,2,7,15H2,1H3,(H,16,17). The normalized spacial score (nSPS) is 12.4. The third kappa shape index (κ3) is 2.91. The van der Waals surface area contributed by atoms with E-state index < -0.39 is 0 Å². The summed E-state index contributed by atoms with van der Waals surface area (Å²) in [6, 6.07) is 7.97. The Bertz CT molecular complexity index is 495. The van der Waals surface area contributed by atoms with Crippen molar-refractivity contribution >= 4 is 15.9 Å². The highest BCUT2D eigenvalue weighted by molar-refractivity contribution is 9.10. The molecule has 0 fully saturated rings. The van der Waals surface area contributed by atoms with Crippen LogP contribution in [-0.2, 0) is 0 Å². The van der Waals surface area contributed by atoms with Crippen molar-refractivity contribution in [1.29, 1.82) is 0 Å². The number of rotatable bonds is 5. The summed E-state index contributed by atoms with van der Waals surface area (Å²) >= 11 is 3.36. The van der Waals surface area contributed by atoms with Crippen LogP contribution in [0.25, 0.3) is 0 Å². The fraction of sp³-hybridized carbons (Fsp3) is 0.308. The minimum absolute atomic E-state index is 0.0759. The lowest BCUT2D eigenvalue weighted by Crippen LogP contribution is -2.15. The summed E-state index contributed by atoms with van der Waals surface area (Å²) in [6.45, 7) is 3.15. The van der Waals surface area contributed by atoms with E-state index in [-0.39, 0.29) is 5.92 Å². The second-order valence-electron chi connectivity index (χ2n) is 3.91. The van der Waals surface area contributed by atoms with Crippen molar-refractivity contribution < 1.29 is 4.74 Å². The van der Waals surface area contributed by atoms with Gasteiger partial charge in [-0.2, -0.15) is 0 Å². The van der Waals surface area contributed by atoms with Gasteiger partial charge in [-0.15, -0.1) is 0 Å². The second-order valence-corrected chi connectivity index (χ2v) is 4.76. The highest BCUT2D eigenvalue weighted by Crippen LogP contribution is 2.24. The predicted octanol–water partition coefficient (Wildman–Crippen LogP) is 2.66. The van der Waals surface area contributed by atoms with Crippen LogP contribution in [0.5, 0.6) is 5.75 Å². The van der Waals surface area contributed by atoms with Gasteiger partial charge in [0, 0.05) is 6.54 Å². The molecule has 1 aromatic carbocycles. The van der Waals surface area contributed by atoms with E-state index in [0.717, 1.165) is 21.7 Å². The number of aromatic nitrogens is 2. The first kappa shape index (κ1) is 13.1. The molecule has 0 aliphatic heterocycles. The van der Waals surface area contributed by atoms with Gasteiger partial charge >= 0.3 is 0 Å². The number of imidazole rings is 1. The fourth-order valence-electron chi connectivity index (χ4n) is 1.86. The largest absolute Gasteiger partial charge is 0.494 e. The van der Waals surface area contributed by atoms with Crippen molar-refractivity contribution in [3.05, 3.63) is 46.5 Å². The molecule has 1 aromatic heterocycles. The Hall–Kier alpha value is -1.33. The second kappa shape index (κ2) is 6.02. The monoisotopic (exact) mass is 309 g/mol. The SMILES string of the molecule is CCOc1ccc(C(CN)c2ncc(Br)[nH]2)cc1. The summed E-state index contributed by atoms with van der Waals surface area (Å²) in [4.78, 5) is 7.47. The molecule has 1 unspecified atom stereocenters.